The normalized spacial score (nSPS) is 18.3. The van der Waals surface area contributed by atoms with Gasteiger partial charge in [-0.2, -0.15) is 0 Å². The van der Waals surface area contributed by atoms with Crippen molar-refractivity contribution in [3.05, 3.63) is 35.0 Å². The van der Waals surface area contributed by atoms with Gasteiger partial charge in [-0.1, -0.05) is 23.0 Å². The molecule has 6 N–H and O–H groups in total. The fourth-order valence-corrected chi connectivity index (χ4v) is 6.38. The number of halogens is 2. The van der Waals surface area contributed by atoms with Gasteiger partial charge in [0.2, 0.25) is 5.16 Å². The average molecular weight is 640 g/mol. The lowest BCUT2D eigenvalue weighted by molar-refractivity contribution is -0.150. The highest BCUT2D eigenvalue weighted by Gasteiger charge is 2.54. The van der Waals surface area contributed by atoms with Crippen LogP contribution in [-0.2, 0) is 25.8 Å². The van der Waals surface area contributed by atoms with Gasteiger partial charge in [0.05, 0.1) is 6.54 Å². The minimum absolute atomic E-state index is 0. The van der Waals surface area contributed by atoms with Crippen molar-refractivity contribution in [1.82, 2.24) is 35.4 Å². The molecule has 2 aromatic rings. The third-order valence-electron chi connectivity index (χ3n) is 5.06. The molecule has 15 nitrogen and oxygen atoms in total. The molecule has 0 aromatic carbocycles. The Morgan fingerprint density at radius 1 is 1.41 bits per heavy atom. The van der Waals surface area contributed by atoms with Crippen LogP contribution in [0.2, 0.25) is 0 Å². The quantitative estimate of drug-likeness (QED) is 0.0599. The molecule has 2 aromatic heterocycles. The predicted molar refractivity (Wildman–Crippen MR) is 151 cm³/mol. The number of allylic oxidation sites excluding steroid dienone is 1. The number of tetrazole rings is 1. The number of anilines is 1. The Bertz CT molecular complexity index is 1290. The summed E-state index contributed by atoms with van der Waals surface area (Å²) in [5.41, 5.74) is 11.5. The SMILES string of the molecule is C=CCn1nnnc1SCC1=C(C(=O)O)N2C(=O)C(NC(=O)C(=NOCCN)c3csc(N)n3)[C@@H]2SC1.Cl.Cl. The number of aliphatic carboxylic acids is 1. The average Bonchev–Trinajstić information content (AvgIpc) is 3.51. The molecule has 20 heteroatoms. The minimum Gasteiger partial charge on any atom is -0.477 e. The highest BCUT2D eigenvalue weighted by molar-refractivity contribution is 8.01. The van der Waals surface area contributed by atoms with Crippen molar-refractivity contribution in [2.24, 2.45) is 10.9 Å². The van der Waals surface area contributed by atoms with E-state index in [9.17, 15) is 19.5 Å². The topological polar surface area (TPSA) is 217 Å². The summed E-state index contributed by atoms with van der Waals surface area (Å²) in [5, 5.41) is 29.4. The van der Waals surface area contributed by atoms with Gasteiger partial charge in [0.15, 0.2) is 10.8 Å². The second-order valence-corrected chi connectivity index (χ2v) is 10.4. The molecule has 2 aliphatic rings. The van der Waals surface area contributed by atoms with Gasteiger partial charge in [0, 0.05) is 23.4 Å². The van der Waals surface area contributed by atoms with Gasteiger partial charge in [-0.3, -0.25) is 14.5 Å². The number of nitrogens with zero attached hydrogens (tertiary/aromatic N) is 7. The first-order valence-electron chi connectivity index (χ1n) is 10.7. The molecular weight excluding hydrogens is 615 g/mol. The van der Waals surface area contributed by atoms with E-state index in [1.54, 1.807) is 6.08 Å². The van der Waals surface area contributed by atoms with Crippen LogP contribution in [0.25, 0.3) is 0 Å². The molecule has 39 heavy (non-hydrogen) atoms. The number of nitrogens with two attached hydrogens (primary N) is 2. The Morgan fingerprint density at radius 2 is 2.18 bits per heavy atom. The van der Waals surface area contributed by atoms with E-state index in [4.69, 9.17) is 16.3 Å². The smallest absolute Gasteiger partial charge is 0.352 e. The first-order chi connectivity index (χ1) is 17.8. The van der Waals surface area contributed by atoms with Gasteiger partial charge in [0.25, 0.3) is 11.8 Å². The van der Waals surface area contributed by atoms with Crippen molar-refractivity contribution in [2.45, 2.75) is 23.1 Å². The van der Waals surface area contributed by atoms with Crippen molar-refractivity contribution in [3.63, 3.8) is 0 Å². The van der Waals surface area contributed by atoms with Crippen molar-refractivity contribution < 1.29 is 24.3 Å². The number of hydrogen-bond acceptors (Lipinski definition) is 14. The zero-order valence-electron chi connectivity index (χ0n) is 20.0. The van der Waals surface area contributed by atoms with Crippen molar-refractivity contribution in [2.75, 3.05) is 30.4 Å². The summed E-state index contributed by atoms with van der Waals surface area (Å²) in [6.45, 7) is 4.30. The van der Waals surface area contributed by atoms with E-state index in [0.29, 0.717) is 23.0 Å². The maximum atomic E-state index is 13.0. The summed E-state index contributed by atoms with van der Waals surface area (Å²) >= 11 is 3.71. The number of nitrogen functional groups attached to an aromatic ring is 1. The second kappa shape index (κ2) is 14.5. The highest BCUT2D eigenvalue weighted by atomic mass is 35.5. The third kappa shape index (κ3) is 7.00. The Labute approximate surface area is 246 Å². The van der Waals surface area contributed by atoms with E-state index in [2.05, 4.69) is 37.6 Å². The Balaban J connectivity index is 0.00000267. The Morgan fingerprint density at radius 3 is 2.82 bits per heavy atom. The van der Waals surface area contributed by atoms with Crippen LogP contribution >= 0.6 is 59.7 Å². The molecule has 1 saturated heterocycles. The number of β-lactam (4-membered cyclic amide) rings is 1. The second-order valence-electron chi connectivity index (χ2n) is 7.47. The lowest BCUT2D eigenvalue weighted by Gasteiger charge is -2.49. The third-order valence-corrected chi connectivity index (χ3v) is 8.11. The lowest BCUT2D eigenvalue weighted by atomic mass is 10.0. The van der Waals surface area contributed by atoms with Crippen molar-refractivity contribution in [1.29, 1.82) is 0 Å². The van der Waals surface area contributed by atoms with E-state index in [1.807, 2.05) is 0 Å². The van der Waals surface area contributed by atoms with Crippen LogP contribution in [-0.4, -0.2) is 94.8 Å². The molecule has 4 rings (SSSR count). The van der Waals surface area contributed by atoms with E-state index in [0.717, 1.165) is 11.3 Å². The maximum Gasteiger partial charge on any atom is 0.352 e. The summed E-state index contributed by atoms with van der Waals surface area (Å²) in [5.74, 6) is -1.90. The van der Waals surface area contributed by atoms with Gasteiger partial charge in [0.1, 0.15) is 29.4 Å². The van der Waals surface area contributed by atoms with Gasteiger partial charge in [-0.25, -0.2) is 14.5 Å². The Hall–Kier alpha value is -2.90. The molecule has 0 aliphatic carbocycles. The number of thiazole rings is 1. The molecule has 2 amide bonds. The van der Waals surface area contributed by atoms with Gasteiger partial charge < -0.3 is 26.7 Å². The Kier molecular flexibility index (Phi) is 12.0. The summed E-state index contributed by atoms with van der Waals surface area (Å²) in [7, 11) is 0. The summed E-state index contributed by atoms with van der Waals surface area (Å²) < 4.78 is 1.53. The number of thioether (sulfide) groups is 2. The monoisotopic (exact) mass is 638 g/mol. The van der Waals surface area contributed by atoms with Crippen LogP contribution in [0.15, 0.2) is 39.6 Å². The number of rotatable bonds is 12. The summed E-state index contributed by atoms with van der Waals surface area (Å²) in [6.07, 6.45) is 1.64. The molecule has 4 heterocycles. The van der Waals surface area contributed by atoms with Gasteiger partial charge >= 0.3 is 5.97 Å². The van der Waals surface area contributed by atoms with Gasteiger partial charge in [-0.05, 0) is 16.0 Å². The minimum atomic E-state index is -1.24. The van der Waals surface area contributed by atoms with Crippen molar-refractivity contribution in [3.8, 4) is 0 Å². The van der Waals surface area contributed by atoms with Crippen LogP contribution in [0.3, 0.4) is 0 Å². The summed E-state index contributed by atoms with van der Waals surface area (Å²) in [4.78, 5) is 48.4. The number of amides is 2. The zero-order chi connectivity index (χ0) is 26.5. The number of carbonyl (C=O) groups excluding carboxylic acids is 2. The zero-order valence-corrected chi connectivity index (χ0v) is 24.0. The standard InChI is InChI=1S/C19H22N10O5S3.2ClH/c1-2-4-28-19(24-26-27-28)37-7-9-6-35-16-12(15(31)29(16)13(9)17(32)33)23-14(30)11(25-34-5-3-20)10-8-36-18(21)22-10;;/h2,8,12,16H,1,3-7,20H2,(H2,21,22)(H,23,30)(H,32,33);2*1H/t12?,16-;;/m0../s1. The lowest BCUT2D eigenvalue weighted by Crippen LogP contribution is -2.71. The van der Waals surface area contributed by atoms with Crippen LogP contribution in [0, 0.1) is 0 Å². The number of aromatic nitrogens is 5. The number of carbonyl (C=O) groups is 3. The molecule has 0 bridgehead atoms. The molecular formula is C19H24Cl2N10O5S3. The largest absolute Gasteiger partial charge is 0.477 e. The van der Waals surface area contributed by atoms with Gasteiger partial charge in [-0.15, -0.1) is 59.6 Å². The van der Waals surface area contributed by atoms with E-state index in [1.165, 1.54) is 38.5 Å². The molecule has 212 valence electrons. The number of fused-ring (bicyclic) bond motifs is 1. The number of oxime groups is 1. The molecule has 1 fully saturated rings. The first kappa shape index (κ1) is 32.3. The van der Waals surface area contributed by atoms with E-state index >= 15 is 0 Å². The molecule has 0 radical (unpaired) electrons. The van der Waals surface area contributed by atoms with Crippen LogP contribution in [0.4, 0.5) is 5.13 Å². The molecule has 0 saturated carbocycles. The number of nitrogens with one attached hydrogen (secondary N) is 1. The molecule has 2 aliphatic heterocycles. The number of hydrogen-bond donors (Lipinski definition) is 4. The summed E-state index contributed by atoms with van der Waals surface area (Å²) in [6, 6.07) is -0.961. The molecule has 1 unspecified atom stereocenters. The number of carboxylic acids is 1. The predicted octanol–water partition coefficient (Wildman–Crippen LogP) is -0.0483. The highest BCUT2D eigenvalue weighted by Crippen LogP contribution is 2.41. The van der Waals surface area contributed by atoms with Crippen LogP contribution < -0.4 is 16.8 Å². The van der Waals surface area contributed by atoms with Crippen molar-refractivity contribution >= 4 is 88.3 Å². The van der Waals surface area contributed by atoms with E-state index < -0.39 is 29.2 Å². The molecule has 0 spiro atoms. The fraction of sp³-hybridized carbons (Fsp3) is 0.368. The first-order valence-corrected chi connectivity index (χ1v) is 13.6. The number of carboxylic acid groups (broad SMARTS) is 1. The molecule has 2 atom stereocenters. The van der Waals surface area contributed by atoms with E-state index in [-0.39, 0.29) is 66.0 Å². The fourth-order valence-electron chi connectivity index (χ4n) is 3.46. The maximum absolute atomic E-state index is 13.0. The van der Waals surface area contributed by atoms with Crippen LogP contribution in [0.5, 0.6) is 0 Å². The van der Waals surface area contributed by atoms with Crippen LogP contribution in [0.1, 0.15) is 5.69 Å².